The van der Waals surface area contributed by atoms with Crippen LogP contribution in [0, 0.1) is 5.89 Å². The molecule has 0 amide bonds. The van der Waals surface area contributed by atoms with Crippen LogP contribution >= 0.6 is 0 Å². The van der Waals surface area contributed by atoms with Gasteiger partial charge in [0.25, 0.3) is 0 Å². The molecule has 2 fully saturated rings. The second-order valence-corrected chi connectivity index (χ2v) is 4.65. The molecule has 1 heterocycles. The zero-order chi connectivity index (χ0) is 33.0. The molecular weight excluding hydrogens is 246 g/mol. The lowest BCUT2D eigenvalue weighted by molar-refractivity contribution is 0.00274. The van der Waals surface area contributed by atoms with E-state index < -0.39 is 111 Å². The van der Waals surface area contributed by atoms with Crippen LogP contribution in [0.4, 0.5) is 0 Å². The summed E-state index contributed by atoms with van der Waals surface area (Å²) in [5, 5.41) is 0. The number of benzene rings is 1. The Labute approximate surface area is 153 Å². The Morgan fingerprint density at radius 2 is 2.50 bits per heavy atom. The second-order valence-electron chi connectivity index (χ2n) is 4.65. The number of methoxy groups -OCH3 is 1. The fourth-order valence-electron chi connectivity index (χ4n) is 2.75. The van der Waals surface area contributed by atoms with Gasteiger partial charge in [0.05, 0.1) is 15.3 Å². The summed E-state index contributed by atoms with van der Waals surface area (Å²) in [6.45, 7) is -7.61. The van der Waals surface area contributed by atoms with Crippen LogP contribution in [0.15, 0.2) is 18.1 Å². The van der Waals surface area contributed by atoms with Gasteiger partial charge in [0.2, 0.25) is 0 Å². The van der Waals surface area contributed by atoms with Gasteiger partial charge in [0.1, 0.15) is 5.75 Å². The molecule has 2 nitrogen and oxygen atoms in total. The van der Waals surface area contributed by atoms with E-state index in [1.807, 2.05) is 0 Å². The first-order valence-corrected chi connectivity index (χ1v) is 5.91. The maximum Gasteiger partial charge on any atom is 0.119 e. The monoisotopic (exact) mass is 293 g/mol. The largest absolute Gasteiger partial charge is 0.497 e. The Morgan fingerprint density at radius 1 is 1.50 bits per heavy atom. The van der Waals surface area contributed by atoms with Crippen molar-refractivity contribution >= 4 is 0 Å². The molecule has 2 heteroatoms. The molecule has 1 aromatic rings. The predicted molar refractivity (Wildman–Crippen MR) is 81.4 cm³/mol. The van der Waals surface area contributed by atoms with E-state index in [9.17, 15) is 1.37 Å². The van der Waals surface area contributed by atoms with Crippen molar-refractivity contribution in [1.29, 1.82) is 0 Å². The van der Waals surface area contributed by atoms with Gasteiger partial charge in [-0.25, -0.2) is 0 Å². The average molecular weight is 294 g/mol. The summed E-state index contributed by atoms with van der Waals surface area (Å²) >= 11 is 0. The highest BCUT2D eigenvalue weighted by atomic mass is 16.5. The molecule has 108 valence electrons. The van der Waals surface area contributed by atoms with Crippen LogP contribution in [0.1, 0.15) is 73.1 Å². The molecule has 1 aliphatic heterocycles. The van der Waals surface area contributed by atoms with Gasteiger partial charge >= 0.3 is 0 Å². The van der Waals surface area contributed by atoms with Crippen molar-refractivity contribution in [2.75, 3.05) is 20.5 Å². The smallest absolute Gasteiger partial charge is 0.119 e. The molecule has 4 rings (SSSR count). The molecule has 0 radical (unpaired) electrons. The molecule has 0 spiro atoms. The van der Waals surface area contributed by atoms with E-state index in [2.05, 4.69) is 0 Å². The lowest BCUT2D eigenvalue weighted by Crippen LogP contribution is -2.59. The summed E-state index contributed by atoms with van der Waals surface area (Å²) in [7, 11) is -3.43. The van der Waals surface area contributed by atoms with E-state index in [1.165, 1.54) is 0 Å². The number of rotatable bonds is 1. The van der Waals surface area contributed by atoms with Gasteiger partial charge < -0.3 is 9.64 Å². The number of hydrogen-bond donors (Lipinski definition) is 0. The molecule has 3 aliphatic rings. The maximum absolute atomic E-state index is 9.56. The predicted octanol–water partition coefficient (Wildman–Crippen LogP) is 3.38. The number of nitrogens with zero attached hydrogens (tertiary/aromatic N) is 1. The first-order chi connectivity index (χ1) is 18.3. The average Bonchev–Trinajstić information content (AvgIpc) is 2.77. The van der Waals surface area contributed by atoms with Crippen LogP contribution in [0.25, 0.3) is 0 Å². The highest BCUT2D eigenvalue weighted by molar-refractivity contribution is 5.45. The van der Waals surface area contributed by atoms with E-state index in [0.29, 0.717) is 0 Å². The topological polar surface area (TPSA) is 12.5 Å². The van der Waals surface area contributed by atoms with Crippen LogP contribution in [0.3, 0.4) is 0 Å². The van der Waals surface area contributed by atoms with Crippen LogP contribution in [-0.4, -0.2) is 31.5 Å². The summed E-state index contributed by atoms with van der Waals surface area (Å²) in [5.41, 5.74) is -6.04. The van der Waals surface area contributed by atoms with E-state index in [0.717, 1.165) is 0 Å². The van der Waals surface area contributed by atoms with E-state index in [-0.39, 0.29) is 4.90 Å². The van der Waals surface area contributed by atoms with Crippen LogP contribution in [0.2, 0.25) is 0 Å². The summed E-state index contributed by atoms with van der Waals surface area (Å²) in [6, 6.07) is -6.11. The number of likely N-dealkylation sites (N-methyl/N-ethyl adjacent to an activating group) is 1. The van der Waals surface area contributed by atoms with Crippen molar-refractivity contribution in [3.63, 3.8) is 0 Å². The van der Waals surface area contributed by atoms with Gasteiger partial charge in [0.15, 0.2) is 0 Å². The van der Waals surface area contributed by atoms with Gasteiger partial charge in [-0.05, 0) is 68.1 Å². The van der Waals surface area contributed by atoms with E-state index in [1.54, 1.807) is 0 Å². The van der Waals surface area contributed by atoms with Gasteiger partial charge in [-0.1, -0.05) is 18.8 Å². The summed E-state index contributed by atoms with van der Waals surface area (Å²) < 4.78 is 191. The minimum Gasteiger partial charge on any atom is -0.497 e. The molecular formula is C18H25NO. The Hall–Kier alpha value is -1.02. The number of hydrogen-bond acceptors (Lipinski definition) is 2. The molecule has 1 aromatic carbocycles. The number of likely N-dealkylation sites (tertiary alicyclic amines) is 1. The Kier molecular flexibility index (Phi) is 0.712. The van der Waals surface area contributed by atoms with E-state index >= 15 is 0 Å². The molecule has 20 heavy (non-hydrogen) atoms. The molecule has 3 atom stereocenters. The Morgan fingerprint density at radius 3 is 3.40 bits per heavy atom. The van der Waals surface area contributed by atoms with Crippen molar-refractivity contribution in [1.82, 2.24) is 4.90 Å². The lowest BCUT2D eigenvalue weighted by Gasteiger charge is -2.58. The zero-order valence-corrected chi connectivity index (χ0v) is 10.1. The quantitative estimate of drug-likeness (QED) is 0.787. The molecule has 2 aliphatic carbocycles. The summed E-state index contributed by atoms with van der Waals surface area (Å²) in [6.07, 6.45) is -21.8. The SMILES string of the molecule is [2H]c1c([2H])c(OC([2H])([2H])[2H])c([2H])c2c1CC1N(C([2H])([2H])[2H])C([2H])([2H])C([2H])([2H])[C@]23C([2H])([2H])C([2H])([2H])C([2H])([2H])C([2H])([2H])[C@]13[2H]. The van der Waals surface area contributed by atoms with Crippen LogP contribution < -0.4 is 4.74 Å². The van der Waals surface area contributed by atoms with Crippen LogP contribution in [0.5, 0.6) is 5.75 Å². The van der Waals surface area contributed by atoms with Crippen molar-refractivity contribution in [2.45, 2.75) is 49.7 Å². The standard InChI is InChI=1S/C18H25NO/c1-19-10-9-18-8-4-3-5-15(18)17(19)11-13-6-7-14(20-2)12-16(13)18/h6-7,12,15,17H,3-5,8-11H2,1-2H3/t15-,17?,18+/m1/s1/i1D3,2D3,3D2,4D2,5D2,6D,7D,8D2,9D2,10D2,12D,15D. The molecule has 1 saturated heterocycles. The minimum atomic E-state index is -4.23. The maximum atomic E-state index is 9.56. The fourth-order valence-corrected chi connectivity index (χ4v) is 2.75. The van der Waals surface area contributed by atoms with Crippen LogP contribution in [-0.2, 0) is 11.8 Å². The first-order valence-electron chi connectivity index (χ1n) is 16.9. The zero-order valence-electron chi connectivity index (χ0n) is 32.1. The highest BCUT2D eigenvalue weighted by Gasteiger charge is 2.53. The number of fused-ring (bicyclic) bond motifs is 1. The third kappa shape index (κ3) is 1.60. The van der Waals surface area contributed by atoms with Crippen molar-refractivity contribution in [2.24, 2.45) is 5.89 Å². The normalized spacial score (nSPS) is 72.3. The van der Waals surface area contributed by atoms with Gasteiger partial charge in [0, 0.05) is 33.4 Å². The number of ether oxygens (including phenoxy) is 1. The number of piperidine rings is 1. The fraction of sp³-hybridized carbons (Fsp3) is 0.667. The summed E-state index contributed by atoms with van der Waals surface area (Å²) in [5.74, 6) is -5.10. The molecule has 1 saturated carbocycles. The Balaban J connectivity index is 2.43. The minimum absolute atomic E-state index is 0.224. The van der Waals surface area contributed by atoms with Gasteiger partial charge in [-0.3, -0.25) is 0 Å². The third-order valence-corrected chi connectivity index (χ3v) is 3.66. The van der Waals surface area contributed by atoms with E-state index in [4.69, 9.17) is 33.5 Å². The molecule has 0 N–H and O–H groups in total. The summed E-state index contributed by atoms with van der Waals surface area (Å²) in [4.78, 5) is -0.224. The first kappa shape index (κ1) is 3.17. The third-order valence-electron chi connectivity index (χ3n) is 3.66. The lowest BCUT2D eigenvalue weighted by atomic mass is 9.52. The molecule has 0 aromatic heterocycles. The Bertz CT molecular complexity index is 1340. The molecule has 2 bridgehead atoms. The second kappa shape index (κ2) is 4.49. The van der Waals surface area contributed by atoms with Crippen molar-refractivity contribution in [3.05, 3.63) is 29.3 Å². The van der Waals surface area contributed by atoms with Gasteiger partial charge in [-0.15, -0.1) is 0 Å². The van der Waals surface area contributed by atoms with Gasteiger partial charge in [-0.2, -0.15) is 0 Å². The molecule has 1 unspecified atom stereocenters. The van der Waals surface area contributed by atoms with Crippen molar-refractivity contribution in [3.8, 4) is 5.75 Å². The van der Waals surface area contributed by atoms with Crippen molar-refractivity contribution < 1.29 is 34.9 Å². The highest BCUT2D eigenvalue weighted by Crippen LogP contribution is 2.55.